The zero-order chi connectivity index (χ0) is 18.8. The second-order valence-corrected chi connectivity index (χ2v) is 6.13. The number of morpholine rings is 1. The van der Waals surface area contributed by atoms with E-state index in [9.17, 15) is 4.79 Å². The second-order valence-electron chi connectivity index (χ2n) is 6.13. The summed E-state index contributed by atoms with van der Waals surface area (Å²) >= 11 is 0. The average Bonchev–Trinajstić information content (AvgIpc) is 2.73. The van der Waals surface area contributed by atoms with Crippen LogP contribution in [0, 0.1) is 0 Å². The Hall–Kier alpha value is -3.13. The van der Waals surface area contributed by atoms with E-state index in [2.05, 4.69) is 14.9 Å². The predicted octanol–water partition coefficient (Wildman–Crippen LogP) is 1.84. The molecule has 0 atom stereocenters. The maximum atomic E-state index is 12.4. The first-order valence-electron chi connectivity index (χ1n) is 8.65. The molecule has 1 aromatic carbocycles. The number of fused-ring (bicyclic) bond motifs is 1. The summed E-state index contributed by atoms with van der Waals surface area (Å²) in [6.07, 6.45) is 1.41. The molecular weight excluding hydrogens is 348 g/mol. The minimum absolute atomic E-state index is 0.201. The Labute approximate surface area is 155 Å². The third kappa shape index (κ3) is 3.19. The van der Waals surface area contributed by atoms with Crippen LogP contribution >= 0.6 is 0 Å². The third-order valence-corrected chi connectivity index (χ3v) is 4.60. The maximum Gasteiger partial charge on any atom is 0.262 e. The van der Waals surface area contributed by atoms with Gasteiger partial charge in [0.2, 0.25) is 0 Å². The number of ether oxygens (including phenoxy) is 3. The van der Waals surface area contributed by atoms with E-state index in [-0.39, 0.29) is 5.56 Å². The number of methoxy groups -OCH3 is 2. The van der Waals surface area contributed by atoms with Gasteiger partial charge in [0, 0.05) is 18.7 Å². The Bertz CT molecular complexity index is 1030. The van der Waals surface area contributed by atoms with Crippen LogP contribution in [0.5, 0.6) is 11.5 Å². The quantitative estimate of drug-likeness (QED) is 0.751. The number of nitrogens with zero attached hydrogens (tertiary/aromatic N) is 3. The van der Waals surface area contributed by atoms with Crippen molar-refractivity contribution in [3.05, 3.63) is 40.9 Å². The number of anilines is 1. The summed E-state index contributed by atoms with van der Waals surface area (Å²) in [5.41, 5.74) is 1.96. The Morgan fingerprint density at radius 3 is 2.63 bits per heavy atom. The number of pyridine rings is 1. The van der Waals surface area contributed by atoms with Crippen molar-refractivity contribution in [2.75, 3.05) is 45.4 Å². The van der Waals surface area contributed by atoms with Gasteiger partial charge in [0.1, 0.15) is 11.2 Å². The maximum absolute atomic E-state index is 12.4. The van der Waals surface area contributed by atoms with E-state index in [0.29, 0.717) is 60.2 Å². The van der Waals surface area contributed by atoms with E-state index in [1.807, 2.05) is 24.3 Å². The van der Waals surface area contributed by atoms with Crippen LogP contribution in [-0.4, -0.2) is 55.5 Å². The lowest BCUT2D eigenvalue weighted by Crippen LogP contribution is -2.37. The zero-order valence-corrected chi connectivity index (χ0v) is 15.2. The van der Waals surface area contributed by atoms with Crippen molar-refractivity contribution in [3.63, 3.8) is 0 Å². The van der Waals surface area contributed by atoms with Crippen LogP contribution in [0.25, 0.3) is 22.2 Å². The van der Waals surface area contributed by atoms with Gasteiger partial charge in [-0.25, -0.2) is 9.97 Å². The summed E-state index contributed by atoms with van der Waals surface area (Å²) < 4.78 is 16.1. The molecule has 0 unspecified atom stereocenters. The number of hydrogen-bond acceptors (Lipinski definition) is 7. The van der Waals surface area contributed by atoms with Crippen molar-refractivity contribution >= 4 is 16.7 Å². The molecule has 2 aromatic heterocycles. The molecule has 0 spiro atoms. The molecule has 4 rings (SSSR count). The molecule has 1 aliphatic rings. The van der Waals surface area contributed by atoms with Gasteiger partial charge in [-0.05, 0) is 24.3 Å². The number of aromatic amines is 1. The van der Waals surface area contributed by atoms with Crippen LogP contribution in [0.15, 0.2) is 35.4 Å². The summed E-state index contributed by atoms with van der Waals surface area (Å²) in [5, 5.41) is 0.489. The van der Waals surface area contributed by atoms with Crippen LogP contribution in [-0.2, 0) is 4.74 Å². The molecule has 1 aliphatic heterocycles. The standard InChI is InChI=1S/C19H20N4O4/c1-25-15-4-3-12(9-16(15)26-2)13-10-14-17(19(24)21-11-20-14)18(22-13)23-5-7-27-8-6-23/h3-4,9-11H,5-8H2,1-2H3,(H,20,21,24). The van der Waals surface area contributed by atoms with E-state index >= 15 is 0 Å². The van der Waals surface area contributed by atoms with Crippen LogP contribution in [0.4, 0.5) is 5.82 Å². The summed E-state index contributed by atoms with van der Waals surface area (Å²) in [7, 11) is 3.19. The number of nitrogens with one attached hydrogen (secondary N) is 1. The van der Waals surface area contributed by atoms with E-state index in [1.54, 1.807) is 14.2 Å². The highest BCUT2D eigenvalue weighted by molar-refractivity contribution is 5.91. The minimum Gasteiger partial charge on any atom is -0.493 e. The molecule has 8 nitrogen and oxygen atoms in total. The molecule has 3 heterocycles. The molecule has 1 saturated heterocycles. The second kappa shape index (κ2) is 7.24. The molecule has 0 amide bonds. The predicted molar refractivity (Wildman–Crippen MR) is 102 cm³/mol. The van der Waals surface area contributed by atoms with Gasteiger partial charge in [0.15, 0.2) is 11.5 Å². The normalized spacial score (nSPS) is 14.4. The average molecular weight is 368 g/mol. The highest BCUT2D eigenvalue weighted by Gasteiger charge is 2.20. The Morgan fingerprint density at radius 1 is 1.11 bits per heavy atom. The number of H-pyrrole nitrogens is 1. The molecule has 0 radical (unpaired) electrons. The van der Waals surface area contributed by atoms with Crippen molar-refractivity contribution in [2.45, 2.75) is 0 Å². The van der Waals surface area contributed by atoms with Gasteiger partial charge in [0.25, 0.3) is 5.56 Å². The third-order valence-electron chi connectivity index (χ3n) is 4.60. The van der Waals surface area contributed by atoms with E-state index in [0.717, 1.165) is 5.56 Å². The van der Waals surface area contributed by atoms with Gasteiger partial charge < -0.3 is 24.1 Å². The molecule has 8 heteroatoms. The summed E-state index contributed by atoms with van der Waals surface area (Å²) in [5.74, 6) is 1.88. The lowest BCUT2D eigenvalue weighted by molar-refractivity contribution is 0.122. The molecule has 1 N–H and O–H groups in total. The number of benzene rings is 1. The van der Waals surface area contributed by atoms with Crippen LogP contribution in [0.1, 0.15) is 0 Å². The van der Waals surface area contributed by atoms with Gasteiger partial charge in [-0.1, -0.05) is 0 Å². The first-order valence-corrected chi connectivity index (χ1v) is 8.65. The largest absolute Gasteiger partial charge is 0.493 e. The Morgan fingerprint density at radius 2 is 1.89 bits per heavy atom. The van der Waals surface area contributed by atoms with Crippen molar-refractivity contribution < 1.29 is 14.2 Å². The molecule has 1 fully saturated rings. The zero-order valence-electron chi connectivity index (χ0n) is 15.2. The molecule has 0 aliphatic carbocycles. The van der Waals surface area contributed by atoms with Crippen LogP contribution < -0.4 is 19.9 Å². The van der Waals surface area contributed by atoms with Gasteiger partial charge in [-0.15, -0.1) is 0 Å². The molecule has 3 aromatic rings. The molecule has 0 saturated carbocycles. The SMILES string of the molecule is COc1ccc(-c2cc3nc[nH]c(=O)c3c(N3CCOCC3)n2)cc1OC. The van der Waals surface area contributed by atoms with Crippen molar-refractivity contribution in [1.29, 1.82) is 0 Å². The number of hydrogen-bond donors (Lipinski definition) is 1. The molecule has 0 bridgehead atoms. The summed E-state index contributed by atoms with van der Waals surface area (Å²) in [4.78, 5) is 26.3. The first kappa shape index (κ1) is 17.3. The highest BCUT2D eigenvalue weighted by atomic mass is 16.5. The fraction of sp³-hybridized carbons (Fsp3) is 0.316. The lowest BCUT2D eigenvalue weighted by atomic mass is 10.1. The monoisotopic (exact) mass is 368 g/mol. The number of aromatic nitrogens is 3. The van der Waals surface area contributed by atoms with Gasteiger partial charge >= 0.3 is 0 Å². The fourth-order valence-corrected chi connectivity index (χ4v) is 3.22. The van der Waals surface area contributed by atoms with Gasteiger partial charge in [-0.3, -0.25) is 4.79 Å². The topological polar surface area (TPSA) is 89.6 Å². The smallest absolute Gasteiger partial charge is 0.262 e. The lowest BCUT2D eigenvalue weighted by Gasteiger charge is -2.28. The van der Waals surface area contributed by atoms with Crippen LogP contribution in [0.2, 0.25) is 0 Å². The van der Waals surface area contributed by atoms with Crippen LogP contribution in [0.3, 0.4) is 0 Å². The Kier molecular flexibility index (Phi) is 4.64. The highest BCUT2D eigenvalue weighted by Crippen LogP contribution is 2.33. The van der Waals surface area contributed by atoms with Gasteiger partial charge in [0.05, 0.1) is 45.0 Å². The van der Waals surface area contributed by atoms with Crippen molar-refractivity contribution in [1.82, 2.24) is 15.0 Å². The summed E-state index contributed by atoms with van der Waals surface area (Å²) in [6, 6.07) is 7.42. The Balaban J connectivity index is 1.91. The summed E-state index contributed by atoms with van der Waals surface area (Å²) in [6.45, 7) is 2.54. The van der Waals surface area contributed by atoms with E-state index in [4.69, 9.17) is 19.2 Å². The molecule has 140 valence electrons. The number of rotatable bonds is 4. The minimum atomic E-state index is -0.201. The van der Waals surface area contributed by atoms with Crippen molar-refractivity contribution in [3.8, 4) is 22.8 Å². The molecular formula is C19H20N4O4. The van der Waals surface area contributed by atoms with Gasteiger partial charge in [-0.2, -0.15) is 0 Å². The molecule has 27 heavy (non-hydrogen) atoms. The fourth-order valence-electron chi connectivity index (χ4n) is 3.22. The van der Waals surface area contributed by atoms with E-state index < -0.39 is 0 Å². The van der Waals surface area contributed by atoms with Crippen molar-refractivity contribution in [2.24, 2.45) is 0 Å². The van der Waals surface area contributed by atoms with E-state index in [1.165, 1.54) is 6.33 Å². The first-order chi connectivity index (χ1) is 13.2.